The third-order valence-corrected chi connectivity index (χ3v) is 8.43. The van der Waals surface area contributed by atoms with Crippen molar-refractivity contribution in [1.29, 1.82) is 0 Å². The summed E-state index contributed by atoms with van der Waals surface area (Å²) in [5.74, 6) is 0.684. The van der Waals surface area contributed by atoms with Crippen molar-refractivity contribution in [1.82, 2.24) is 19.0 Å². The Balaban J connectivity index is 1.11. The average molecular weight is 611 g/mol. The summed E-state index contributed by atoms with van der Waals surface area (Å²) in [4.78, 5) is 15.4. The number of benzene rings is 3. The van der Waals surface area contributed by atoms with Gasteiger partial charge in [0, 0.05) is 15.7 Å². The lowest BCUT2D eigenvalue weighted by Gasteiger charge is -2.32. The van der Waals surface area contributed by atoms with Crippen LogP contribution in [0, 0.1) is 9.49 Å². The van der Waals surface area contributed by atoms with Gasteiger partial charge in [-0.3, -0.25) is 9.69 Å². The lowest BCUT2D eigenvalue weighted by atomic mass is 9.89. The number of amides is 1. The molecule has 1 N–H and O–H groups in total. The minimum Gasteiger partial charge on any atom is -0.345 e. The van der Waals surface area contributed by atoms with Gasteiger partial charge in [0.2, 0.25) is 0 Å². The number of carbonyl (C=O) groups is 1. The second-order valence-electron chi connectivity index (χ2n) is 9.69. The molecule has 5 rings (SSSR count). The van der Waals surface area contributed by atoms with Crippen molar-refractivity contribution < 1.29 is 4.79 Å². The number of nitrogens with zero attached hydrogens (tertiary/aromatic N) is 3. The van der Waals surface area contributed by atoms with Crippen LogP contribution in [-0.4, -0.2) is 32.6 Å². The molecule has 36 heavy (non-hydrogen) atoms. The summed E-state index contributed by atoms with van der Waals surface area (Å²) in [5.41, 5.74) is 6.50. The van der Waals surface area contributed by atoms with Crippen LogP contribution >= 0.6 is 34.3 Å². The zero-order valence-electron chi connectivity index (χ0n) is 20.5. The number of piperidine rings is 1. The number of fused-ring (bicyclic) bond motifs is 1. The Morgan fingerprint density at radius 2 is 1.69 bits per heavy atom. The highest BCUT2D eigenvalue weighted by Crippen LogP contribution is 2.24. The Kier molecular flexibility index (Phi) is 8.29. The largest absolute Gasteiger partial charge is 0.345 e. The zero-order chi connectivity index (χ0) is 24.9. The Bertz CT molecular complexity index is 1300. The summed E-state index contributed by atoms with van der Waals surface area (Å²) in [6.45, 7) is 5.32. The molecule has 1 atom stereocenters. The van der Waals surface area contributed by atoms with Crippen LogP contribution in [0.4, 0.5) is 0 Å². The molecule has 0 unspecified atom stereocenters. The van der Waals surface area contributed by atoms with Crippen molar-refractivity contribution in [2.24, 2.45) is 5.92 Å². The summed E-state index contributed by atoms with van der Waals surface area (Å²) in [6, 6.07) is 23.0. The average Bonchev–Trinajstić information content (AvgIpc) is 3.37. The number of carbonyl (C=O) groups excluding carboxylic acids is 1. The standard InChI is InChI=1S/C29H31IN4OS/c1-2-26(23-8-10-25(30)11-9-23)31-29(35)24-6-3-20(4-7-24)17-21-13-15-34(16-14-21)19-22-5-12-27-28(18-22)33-36-32-27/h3-12,18,21,26H,2,13-17,19H2,1H3,(H,31,35)/t26-/m1/s1. The van der Waals surface area contributed by atoms with Crippen LogP contribution in [0.25, 0.3) is 11.0 Å². The van der Waals surface area contributed by atoms with Crippen LogP contribution in [0.15, 0.2) is 66.7 Å². The van der Waals surface area contributed by atoms with Gasteiger partial charge < -0.3 is 5.32 Å². The van der Waals surface area contributed by atoms with Crippen LogP contribution < -0.4 is 5.32 Å². The number of rotatable bonds is 8. The van der Waals surface area contributed by atoms with Crippen molar-refractivity contribution in [3.63, 3.8) is 0 Å². The lowest BCUT2D eigenvalue weighted by Crippen LogP contribution is -2.33. The quantitative estimate of drug-likeness (QED) is 0.228. The van der Waals surface area contributed by atoms with Crippen LogP contribution in [0.5, 0.6) is 0 Å². The van der Waals surface area contributed by atoms with Crippen molar-refractivity contribution in [2.45, 2.75) is 45.2 Å². The SMILES string of the molecule is CC[C@@H](NC(=O)c1ccc(CC2CCN(Cc3ccc4nsnc4c3)CC2)cc1)c1ccc(I)cc1. The maximum atomic E-state index is 12.9. The van der Waals surface area contributed by atoms with Crippen molar-refractivity contribution in [2.75, 3.05) is 13.1 Å². The number of hydrogen-bond donors (Lipinski definition) is 1. The summed E-state index contributed by atoms with van der Waals surface area (Å²) in [6.07, 6.45) is 4.35. The molecule has 5 nitrogen and oxygen atoms in total. The van der Waals surface area contributed by atoms with E-state index >= 15 is 0 Å². The monoisotopic (exact) mass is 610 g/mol. The molecule has 2 heterocycles. The Morgan fingerprint density at radius 3 is 2.42 bits per heavy atom. The molecular weight excluding hydrogens is 579 g/mol. The molecule has 1 fully saturated rings. The molecule has 1 amide bonds. The lowest BCUT2D eigenvalue weighted by molar-refractivity contribution is 0.0935. The molecule has 1 aromatic heterocycles. The second-order valence-corrected chi connectivity index (χ2v) is 11.5. The van der Waals surface area contributed by atoms with Crippen LogP contribution in [-0.2, 0) is 13.0 Å². The molecule has 186 valence electrons. The molecule has 0 saturated carbocycles. The van der Waals surface area contributed by atoms with Gasteiger partial charge in [0.05, 0.1) is 17.8 Å². The minimum atomic E-state index is -0.00752. The number of hydrogen-bond acceptors (Lipinski definition) is 5. The number of aromatic nitrogens is 2. The van der Waals surface area contributed by atoms with E-state index in [0.717, 1.165) is 54.6 Å². The molecule has 0 aliphatic carbocycles. The highest BCUT2D eigenvalue weighted by Gasteiger charge is 2.20. The Morgan fingerprint density at radius 1 is 1.00 bits per heavy atom. The van der Waals surface area contributed by atoms with E-state index in [1.807, 2.05) is 12.1 Å². The molecule has 7 heteroatoms. The maximum Gasteiger partial charge on any atom is 0.251 e. The molecule has 0 spiro atoms. The first-order chi connectivity index (χ1) is 17.6. The molecular formula is C29H31IN4OS. The van der Waals surface area contributed by atoms with Gasteiger partial charge in [-0.05, 0) is 120 Å². The summed E-state index contributed by atoms with van der Waals surface area (Å²) in [7, 11) is 0. The van der Waals surface area contributed by atoms with E-state index in [2.05, 4.69) is 103 Å². The van der Waals surface area contributed by atoms with E-state index < -0.39 is 0 Å². The second kappa shape index (κ2) is 11.8. The molecule has 0 radical (unpaired) electrons. The number of nitrogens with one attached hydrogen (secondary N) is 1. The third-order valence-electron chi connectivity index (χ3n) is 7.16. The van der Waals surface area contributed by atoms with Crippen LogP contribution in [0.1, 0.15) is 59.3 Å². The predicted octanol–water partition coefficient (Wildman–Crippen LogP) is 6.63. The van der Waals surface area contributed by atoms with Crippen molar-refractivity contribution in [3.05, 3.63) is 92.6 Å². The zero-order valence-corrected chi connectivity index (χ0v) is 23.5. The Hall–Kier alpha value is -2.36. The first kappa shape index (κ1) is 25.3. The van der Waals surface area contributed by atoms with E-state index in [0.29, 0.717) is 5.92 Å². The normalized spacial score (nSPS) is 15.7. The van der Waals surface area contributed by atoms with Crippen LogP contribution in [0.2, 0.25) is 0 Å². The van der Waals surface area contributed by atoms with E-state index in [1.54, 1.807) is 0 Å². The van der Waals surface area contributed by atoms with Gasteiger partial charge in [-0.2, -0.15) is 8.75 Å². The van der Waals surface area contributed by atoms with Crippen molar-refractivity contribution in [3.8, 4) is 0 Å². The molecule has 1 aliphatic rings. The molecule has 1 aliphatic heterocycles. The number of likely N-dealkylation sites (tertiary alicyclic amines) is 1. The highest BCUT2D eigenvalue weighted by atomic mass is 127. The Labute approximate surface area is 230 Å². The minimum absolute atomic E-state index is 0.00752. The highest BCUT2D eigenvalue weighted by molar-refractivity contribution is 14.1. The van der Waals surface area contributed by atoms with Crippen molar-refractivity contribution >= 4 is 51.3 Å². The van der Waals surface area contributed by atoms with Gasteiger partial charge >= 0.3 is 0 Å². The van der Waals surface area contributed by atoms with Gasteiger partial charge in [-0.1, -0.05) is 37.3 Å². The number of halogens is 1. The van der Waals surface area contributed by atoms with Gasteiger partial charge in [-0.25, -0.2) is 0 Å². The van der Waals surface area contributed by atoms with Gasteiger partial charge in [-0.15, -0.1) is 0 Å². The van der Waals surface area contributed by atoms with Gasteiger partial charge in [0.25, 0.3) is 5.91 Å². The maximum absolute atomic E-state index is 12.9. The predicted molar refractivity (Wildman–Crippen MR) is 155 cm³/mol. The smallest absolute Gasteiger partial charge is 0.251 e. The molecule has 4 aromatic rings. The van der Waals surface area contributed by atoms with E-state index in [-0.39, 0.29) is 11.9 Å². The molecule has 1 saturated heterocycles. The fraction of sp³-hybridized carbons (Fsp3) is 0.345. The third kappa shape index (κ3) is 6.30. The van der Waals surface area contributed by atoms with Crippen LogP contribution in [0.3, 0.4) is 0 Å². The summed E-state index contributed by atoms with van der Waals surface area (Å²) >= 11 is 3.58. The van der Waals surface area contributed by atoms with E-state index in [1.165, 1.54) is 39.3 Å². The first-order valence-corrected chi connectivity index (χ1v) is 14.5. The molecule has 3 aromatic carbocycles. The van der Waals surface area contributed by atoms with E-state index in [9.17, 15) is 4.79 Å². The van der Waals surface area contributed by atoms with Gasteiger partial charge in [0.15, 0.2) is 0 Å². The summed E-state index contributed by atoms with van der Waals surface area (Å²) in [5, 5.41) is 3.20. The fourth-order valence-corrected chi connectivity index (χ4v) is 5.89. The van der Waals surface area contributed by atoms with E-state index in [4.69, 9.17) is 0 Å². The molecule has 0 bridgehead atoms. The fourth-order valence-electron chi connectivity index (χ4n) is 5.02. The van der Waals surface area contributed by atoms with Gasteiger partial charge in [0.1, 0.15) is 11.0 Å². The first-order valence-electron chi connectivity index (χ1n) is 12.7. The topological polar surface area (TPSA) is 58.1 Å². The summed E-state index contributed by atoms with van der Waals surface area (Å²) < 4.78 is 9.87.